The number of aliphatic hydroxyl groups is 6. The number of nitrogen functional groups attached to an aromatic ring is 1. The molecule has 74 heavy (non-hydrogen) atoms. The zero-order valence-corrected chi connectivity index (χ0v) is 43.3. The molecular formula is C56H62N6O10S2. The zero-order valence-electron chi connectivity index (χ0n) is 41.7. The molecule has 2 amide bonds. The first kappa shape index (κ1) is 54.0. The quantitative estimate of drug-likeness (QED) is 0.0197. The lowest BCUT2D eigenvalue weighted by Crippen LogP contribution is -2.36. The number of aliphatic hydroxyl groups excluding tert-OH is 6. The highest BCUT2D eigenvalue weighted by Crippen LogP contribution is 2.55. The van der Waals surface area contributed by atoms with Gasteiger partial charge in [-0.25, -0.2) is 9.59 Å². The highest BCUT2D eigenvalue weighted by atomic mass is 32.2. The van der Waals surface area contributed by atoms with E-state index in [1.54, 1.807) is 47.8 Å². The normalized spacial score (nSPS) is 15.9. The Morgan fingerprint density at radius 3 is 1.55 bits per heavy atom. The fourth-order valence-electron chi connectivity index (χ4n) is 10.9. The Kier molecular flexibility index (Phi) is 17.2. The molecule has 12 N–H and O–H groups in total. The number of urea groups is 1. The summed E-state index contributed by atoms with van der Waals surface area (Å²) in [6, 6.07) is 21.7. The molecule has 0 aromatic heterocycles. The van der Waals surface area contributed by atoms with Gasteiger partial charge >= 0.3 is 6.03 Å². The van der Waals surface area contributed by atoms with Gasteiger partial charge in [0.15, 0.2) is 0 Å². The molecule has 0 spiro atoms. The molecular weight excluding hydrogens is 981 g/mol. The first-order valence-corrected chi connectivity index (χ1v) is 26.6. The maximum absolute atomic E-state index is 13.0. The minimum absolute atomic E-state index is 0.00960. The van der Waals surface area contributed by atoms with Crippen molar-refractivity contribution in [2.75, 3.05) is 56.1 Å². The number of fused-ring (bicyclic) bond motifs is 4. The number of hydrogen-bond donors (Lipinski definition) is 11. The number of nitrogens with zero attached hydrogens (tertiary/aromatic N) is 3. The standard InChI is InChI=1S/C28H31N3O5S.C20H24N2O4.C8H7NOS/c1-31-8-7-15-9-16(12-32)21(14-34)25-24(15)23(31)11-20-22(10-17(13-33)27(35)26(20)25)30-28(36)29-18-3-5-19(37-2)6-4-18;1-22-3-2-10-4-11(7-23)14(9-25)18-17(10)16(22)6-13-15(21)5-12(8-24)20(26)19(13)18;1-11-8-4-2-7(3-5-8)9-6-10/h3-6,9-10,23,32-35H,7-8,11-14H2,1-2H3,(H2,29,30,36);4-5,16,23-26H,2-3,6-9,21H2,1H3;2-5H,1H3. The number of benzene rings is 6. The Balaban J connectivity index is 0.000000170. The summed E-state index contributed by atoms with van der Waals surface area (Å²) >= 11 is 3.27. The average molecular weight is 1040 g/mol. The summed E-state index contributed by atoms with van der Waals surface area (Å²) in [5.41, 5.74) is 20.1. The molecule has 6 aromatic rings. The Morgan fingerprint density at radius 1 is 0.635 bits per heavy atom. The van der Waals surface area contributed by atoms with Crippen LogP contribution in [0.15, 0.2) is 87.6 Å². The summed E-state index contributed by atoms with van der Waals surface area (Å²) in [4.78, 5) is 33.1. The van der Waals surface area contributed by atoms with Crippen LogP contribution in [0, 0.1) is 0 Å². The molecule has 2 aliphatic carbocycles. The number of amides is 2. The lowest BCUT2D eigenvalue weighted by atomic mass is 9.73. The van der Waals surface area contributed by atoms with Crippen LogP contribution in [0.2, 0.25) is 0 Å². The van der Waals surface area contributed by atoms with E-state index in [1.807, 2.05) is 68.1 Å². The molecule has 2 unspecified atom stereocenters. The van der Waals surface area contributed by atoms with Crippen LogP contribution >= 0.6 is 23.5 Å². The molecule has 16 nitrogen and oxygen atoms in total. The lowest BCUT2D eigenvalue weighted by molar-refractivity contribution is 0.225. The van der Waals surface area contributed by atoms with Crippen LogP contribution in [-0.2, 0) is 70.1 Å². The van der Waals surface area contributed by atoms with Crippen LogP contribution in [0.25, 0.3) is 22.3 Å². The summed E-state index contributed by atoms with van der Waals surface area (Å²) in [6.45, 7) is 0.0111. The number of hydrogen-bond acceptors (Lipinski definition) is 16. The number of nitrogens with two attached hydrogens (primary N) is 1. The number of likely N-dealkylation sites (N-methyl/N-ethyl adjacent to an activating group) is 2. The van der Waals surface area contributed by atoms with Crippen LogP contribution in [0.4, 0.5) is 27.5 Å². The highest BCUT2D eigenvalue weighted by molar-refractivity contribution is 7.98. The van der Waals surface area contributed by atoms with Gasteiger partial charge in [0, 0.05) is 74.3 Å². The van der Waals surface area contributed by atoms with Gasteiger partial charge < -0.3 is 57.2 Å². The Morgan fingerprint density at radius 2 is 1.09 bits per heavy atom. The third kappa shape index (κ3) is 10.4. The van der Waals surface area contributed by atoms with Crippen LogP contribution in [0.3, 0.4) is 0 Å². The highest BCUT2D eigenvalue weighted by Gasteiger charge is 2.40. The van der Waals surface area contributed by atoms with Gasteiger partial charge in [0.25, 0.3) is 0 Å². The summed E-state index contributed by atoms with van der Waals surface area (Å²) in [6.07, 6.45) is 8.30. The van der Waals surface area contributed by atoms with Crippen molar-refractivity contribution in [1.82, 2.24) is 9.80 Å². The molecule has 0 radical (unpaired) electrons. The number of nitrogens with one attached hydrogen (secondary N) is 2. The van der Waals surface area contributed by atoms with E-state index < -0.39 is 12.6 Å². The van der Waals surface area contributed by atoms with Crippen molar-refractivity contribution in [3.8, 4) is 33.8 Å². The van der Waals surface area contributed by atoms with E-state index in [0.717, 1.165) is 74.7 Å². The molecule has 4 aliphatic rings. The number of thioether (sulfide) groups is 2. The number of anilines is 3. The Bertz CT molecular complexity index is 3130. The largest absolute Gasteiger partial charge is 0.507 e. The maximum Gasteiger partial charge on any atom is 0.323 e. The molecule has 0 fully saturated rings. The summed E-state index contributed by atoms with van der Waals surface area (Å²) in [5.74, 6) is -0.0647. The molecule has 2 aliphatic heterocycles. The minimum atomic E-state index is -0.441. The van der Waals surface area contributed by atoms with E-state index in [4.69, 9.17) is 5.73 Å². The van der Waals surface area contributed by atoms with Gasteiger partial charge in [0.2, 0.25) is 6.08 Å². The number of aromatic hydroxyl groups is 2. The van der Waals surface area contributed by atoms with Crippen LogP contribution < -0.4 is 16.4 Å². The third-order valence-corrected chi connectivity index (χ3v) is 16.1. The summed E-state index contributed by atoms with van der Waals surface area (Å²) in [7, 11) is 4.11. The van der Waals surface area contributed by atoms with E-state index in [-0.39, 0.29) is 62.2 Å². The number of carbonyl (C=O) groups is 1. The molecule has 10 rings (SSSR count). The van der Waals surface area contributed by atoms with Gasteiger partial charge in [0.1, 0.15) is 11.5 Å². The predicted octanol–water partition coefficient (Wildman–Crippen LogP) is 7.57. The van der Waals surface area contributed by atoms with Gasteiger partial charge in [-0.3, -0.25) is 9.80 Å². The number of aliphatic imine (C=N–C) groups is 1. The Hall–Kier alpha value is -6.25. The van der Waals surface area contributed by atoms with Crippen molar-refractivity contribution in [2.45, 2.75) is 87.2 Å². The molecule has 18 heteroatoms. The van der Waals surface area contributed by atoms with Gasteiger partial charge in [-0.2, -0.15) is 4.99 Å². The molecule has 2 heterocycles. The van der Waals surface area contributed by atoms with Crippen LogP contribution in [0.5, 0.6) is 11.5 Å². The van der Waals surface area contributed by atoms with Crippen molar-refractivity contribution >= 4 is 58.4 Å². The second kappa shape index (κ2) is 23.5. The predicted molar refractivity (Wildman–Crippen MR) is 289 cm³/mol. The van der Waals surface area contributed by atoms with Crippen molar-refractivity contribution in [2.24, 2.45) is 4.99 Å². The van der Waals surface area contributed by atoms with Crippen molar-refractivity contribution in [3.63, 3.8) is 0 Å². The number of phenols is 2. The van der Waals surface area contributed by atoms with Crippen LogP contribution in [-0.4, -0.2) is 102 Å². The topological polar surface area (TPSA) is 265 Å². The van der Waals surface area contributed by atoms with Crippen molar-refractivity contribution in [3.05, 3.63) is 140 Å². The fraction of sp³-hybridized carbons (Fsp3) is 0.321. The van der Waals surface area contributed by atoms with Gasteiger partial charge in [-0.05, 0) is 180 Å². The molecule has 388 valence electrons. The van der Waals surface area contributed by atoms with Gasteiger partial charge in [-0.1, -0.05) is 12.1 Å². The minimum Gasteiger partial charge on any atom is -0.507 e. The number of isocyanates is 1. The molecule has 0 saturated heterocycles. The third-order valence-electron chi connectivity index (χ3n) is 14.6. The second-order valence-electron chi connectivity index (χ2n) is 18.6. The lowest BCUT2D eigenvalue weighted by Gasteiger charge is -2.42. The first-order chi connectivity index (χ1) is 35.8. The SMILES string of the molecule is CN1CCc2cc(CO)c(CO)c3c2C1Cc1c(N)cc(CO)c(O)c1-3.CSc1ccc(N=C=O)cc1.CSc1ccc(NC(=O)Nc2cc(CO)c(O)c3c2CC2c4c(cc(CO)c(CO)c4-3)CCN2C)cc1. The van der Waals surface area contributed by atoms with Gasteiger partial charge in [0.05, 0.1) is 45.3 Å². The number of rotatable bonds is 11. The van der Waals surface area contributed by atoms with Gasteiger partial charge in [-0.15, -0.1) is 23.5 Å². The Labute approximate surface area is 438 Å². The number of carbonyl (C=O) groups excluding carboxylic acids is 2. The monoisotopic (exact) mass is 1040 g/mol. The smallest absolute Gasteiger partial charge is 0.323 e. The molecule has 2 atom stereocenters. The zero-order chi connectivity index (χ0) is 53.0. The molecule has 0 saturated carbocycles. The van der Waals surface area contributed by atoms with E-state index in [2.05, 4.69) is 32.5 Å². The molecule has 6 aromatic carbocycles. The fourth-order valence-corrected chi connectivity index (χ4v) is 11.7. The second-order valence-corrected chi connectivity index (χ2v) is 20.4. The van der Waals surface area contributed by atoms with Crippen LogP contribution in [0.1, 0.15) is 78.8 Å². The summed E-state index contributed by atoms with van der Waals surface area (Å²) in [5, 5.41) is 87.9. The molecule has 0 bridgehead atoms. The average Bonchev–Trinajstić information content (AvgIpc) is 3.43. The van der Waals surface area contributed by atoms with E-state index >= 15 is 0 Å². The van der Waals surface area contributed by atoms with Crippen molar-refractivity contribution in [1.29, 1.82) is 0 Å². The van der Waals surface area contributed by atoms with Crippen molar-refractivity contribution < 1.29 is 50.4 Å². The summed E-state index contributed by atoms with van der Waals surface area (Å²) < 4.78 is 0. The first-order valence-electron chi connectivity index (χ1n) is 24.1. The van der Waals surface area contributed by atoms with E-state index in [0.29, 0.717) is 80.1 Å². The maximum atomic E-state index is 13.0. The van der Waals surface area contributed by atoms with E-state index in [9.17, 15) is 50.4 Å². The van der Waals surface area contributed by atoms with E-state index in [1.165, 1.54) is 6.08 Å².